The maximum absolute atomic E-state index is 6.36. The average molecular weight is 227 g/mol. The zero-order chi connectivity index (χ0) is 11.8. The van der Waals surface area contributed by atoms with Crippen molar-refractivity contribution in [2.75, 3.05) is 0 Å². The fourth-order valence-corrected chi connectivity index (χ4v) is 3.27. The van der Waals surface area contributed by atoms with E-state index in [1.165, 1.54) is 19.3 Å². The van der Waals surface area contributed by atoms with Crippen LogP contribution in [0.1, 0.15) is 44.2 Å². The predicted molar refractivity (Wildman–Crippen MR) is 66.0 cm³/mol. The number of hydrogen-bond donors (Lipinski definition) is 1. The van der Waals surface area contributed by atoms with E-state index in [4.69, 9.17) is 5.73 Å². The molecule has 3 heteroatoms. The Hall–Kier alpha value is -1.40. The molecule has 1 aromatic heterocycles. The van der Waals surface area contributed by atoms with Crippen LogP contribution in [0.2, 0.25) is 0 Å². The fraction of sp³-hybridized carbons (Fsp3) is 0.571. The predicted octanol–water partition coefficient (Wildman–Crippen LogP) is 1.88. The Bertz CT molecular complexity index is 473. The van der Waals surface area contributed by atoms with Crippen LogP contribution in [0.3, 0.4) is 0 Å². The van der Waals surface area contributed by atoms with Crippen molar-refractivity contribution >= 4 is 0 Å². The van der Waals surface area contributed by atoms with Crippen molar-refractivity contribution in [1.29, 1.82) is 0 Å². The van der Waals surface area contributed by atoms with Gasteiger partial charge in [-0.05, 0) is 38.0 Å². The van der Waals surface area contributed by atoms with Gasteiger partial charge in [0.05, 0.1) is 6.20 Å². The highest BCUT2D eigenvalue weighted by Crippen LogP contribution is 2.52. The maximum Gasteiger partial charge on any atom is 0.131 e. The van der Waals surface area contributed by atoms with E-state index in [1.807, 2.05) is 0 Å². The molecule has 0 spiro atoms. The Balaban J connectivity index is 1.84. The lowest BCUT2D eigenvalue weighted by molar-refractivity contribution is 0.257. The summed E-state index contributed by atoms with van der Waals surface area (Å²) < 4.78 is 0. The molecular formula is C14H17N3. The molecule has 3 rings (SSSR count). The molecule has 2 aliphatic carbocycles. The lowest BCUT2D eigenvalue weighted by atomic mass is 9.74. The van der Waals surface area contributed by atoms with Gasteiger partial charge in [-0.25, -0.2) is 4.98 Å². The first kappa shape index (κ1) is 10.7. The molecule has 2 bridgehead atoms. The third-order valence-electron chi connectivity index (χ3n) is 4.14. The van der Waals surface area contributed by atoms with Crippen molar-refractivity contribution < 1.29 is 0 Å². The SMILES string of the molecule is N[C@]12CCC[C@](C#Cc3cnccn3)(CC1)C2. The third kappa shape index (κ3) is 2.05. The van der Waals surface area contributed by atoms with Crippen molar-refractivity contribution in [2.45, 2.75) is 44.1 Å². The van der Waals surface area contributed by atoms with Crippen LogP contribution in [0.5, 0.6) is 0 Å². The quantitative estimate of drug-likeness (QED) is 0.688. The van der Waals surface area contributed by atoms with Crippen LogP contribution in [0.25, 0.3) is 0 Å². The molecule has 1 aromatic rings. The van der Waals surface area contributed by atoms with E-state index in [0.29, 0.717) is 0 Å². The van der Waals surface area contributed by atoms with Gasteiger partial charge in [-0.2, -0.15) is 0 Å². The molecule has 0 aliphatic heterocycles. The summed E-state index contributed by atoms with van der Waals surface area (Å²) in [5.74, 6) is 6.61. The van der Waals surface area contributed by atoms with Crippen LogP contribution in [0, 0.1) is 17.3 Å². The molecule has 0 radical (unpaired) electrons. The van der Waals surface area contributed by atoms with Crippen LogP contribution in [-0.4, -0.2) is 15.5 Å². The first-order valence-electron chi connectivity index (χ1n) is 6.28. The van der Waals surface area contributed by atoms with Gasteiger partial charge in [-0.3, -0.25) is 4.98 Å². The van der Waals surface area contributed by atoms with Gasteiger partial charge in [0.2, 0.25) is 0 Å². The molecule has 0 saturated heterocycles. The molecule has 2 aliphatic rings. The summed E-state index contributed by atoms with van der Waals surface area (Å²) in [4.78, 5) is 8.22. The standard InChI is InChI=1S/C14H17N3/c15-14-4-1-3-13(11-14,6-7-14)5-2-12-10-16-8-9-17-12/h8-10H,1,3-4,6-7,11,15H2/t13-,14+/m0/s1. The highest BCUT2D eigenvalue weighted by atomic mass is 14.8. The van der Waals surface area contributed by atoms with Gasteiger partial charge in [0.1, 0.15) is 5.69 Å². The number of aromatic nitrogens is 2. The second-order valence-corrected chi connectivity index (χ2v) is 5.51. The molecule has 17 heavy (non-hydrogen) atoms. The normalized spacial score (nSPS) is 35.1. The van der Waals surface area contributed by atoms with Gasteiger partial charge in [-0.1, -0.05) is 12.3 Å². The lowest BCUT2D eigenvalue weighted by Gasteiger charge is -2.33. The zero-order valence-corrected chi connectivity index (χ0v) is 9.95. The smallest absolute Gasteiger partial charge is 0.131 e. The number of fused-ring (bicyclic) bond motifs is 2. The summed E-state index contributed by atoms with van der Waals surface area (Å²) in [6.07, 6.45) is 12.0. The van der Waals surface area contributed by atoms with Crippen molar-refractivity contribution in [3.05, 3.63) is 24.3 Å². The van der Waals surface area contributed by atoms with E-state index in [0.717, 1.165) is 25.0 Å². The van der Waals surface area contributed by atoms with E-state index in [-0.39, 0.29) is 11.0 Å². The van der Waals surface area contributed by atoms with E-state index in [9.17, 15) is 0 Å². The largest absolute Gasteiger partial charge is 0.325 e. The van der Waals surface area contributed by atoms with E-state index >= 15 is 0 Å². The minimum atomic E-state index is 0.0648. The molecule has 0 aromatic carbocycles. The van der Waals surface area contributed by atoms with Crippen LogP contribution >= 0.6 is 0 Å². The van der Waals surface area contributed by atoms with Gasteiger partial charge < -0.3 is 5.73 Å². The molecule has 3 nitrogen and oxygen atoms in total. The first-order chi connectivity index (χ1) is 8.20. The Kier molecular flexibility index (Phi) is 2.41. The zero-order valence-electron chi connectivity index (χ0n) is 9.95. The van der Waals surface area contributed by atoms with Gasteiger partial charge in [0.25, 0.3) is 0 Å². The molecule has 2 saturated carbocycles. The van der Waals surface area contributed by atoms with Crippen LogP contribution in [0.15, 0.2) is 18.6 Å². The van der Waals surface area contributed by atoms with Crippen molar-refractivity contribution in [1.82, 2.24) is 9.97 Å². The summed E-state index contributed by atoms with van der Waals surface area (Å²) in [5.41, 5.74) is 7.35. The van der Waals surface area contributed by atoms with Gasteiger partial charge in [0, 0.05) is 23.3 Å². The van der Waals surface area contributed by atoms with Crippen LogP contribution in [0.4, 0.5) is 0 Å². The summed E-state index contributed by atoms with van der Waals surface area (Å²) in [7, 11) is 0. The van der Waals surface area contributed by atoms with E-state index < -0.39 is 0 Å². The molecule has 2 N–H and O–H groups in total. The molecule has 0 unspecified atom stereocenters. The summed E-state index contributed by atoms with van der Waals surface area (Å²) in [6.45, 7) is 0. The molecule has 2 fully saturated rings. The van der Waals surface area contributed by atoms with Gasteiger partial charge in [-0.15, -0.1) is 0 Å². The monoisotopic (exact) mass is 227 g/mol. The molecule has 2 atom stereocenters. The Labute approximate surface area is 102 Å². The first-order valence-corrected chi connectivity index (χ1v) is 6.28. The molecule has 1 heterocycles. The highest BCUT2D eigenvalue weighted by Gasteiger charge is 2.48. The van der Waals surface area contributed by atoms with Gasteiger partial charge >= 0.3 is 0 Å². The summed E-state index contributed by atoms with van der Waals surface area (Å²) in [5, 5.41) is 0. The van der Waals surface area contributed by atoms with Crippen molar-refractivity contribution in [2.24, 2.45) is 11.1 Å². The minimum absolute atomic E-state index is 0.0648. The lowest BCUT2D eigenvalue weighted by Crippen LogP contribution is -2.40. The number of rotatable bonds is 0. The summed E-state index contributed by atoms with van der Waals surface area (Å²) in [6, 6.07) is 0. The van der Waals surface area contributed by atoms with Crippen LogP contribution in [-0.2, 0) is 0 Å². The van der Waals surface area contributed by atoms with Crippen LogP contribution < -0.4 is 5.73 Å². The van der Waals surface area contributed by atoms with E-state index in [2.05, 4.69) is 21.8 Å². The van der Waals surface area contributed by atoms with Crippen molar-refractivity contribution in [3.63, 3.8) is 0 Å². The maximum atomic E-state index is 6.36. The molecule has 0 amide bonds. The Morgan fingerprint density at radius 2 is 2.12 bits per heavy atom. The second kappa shape index (κ2) is 3.82. The summed E-state index contributed by atoms with van der Waals surface area (Å²) >= 11 is 0. The number of nitrogens with two attached hydrogens (primary N) is 1. The third-order valence-corrected chi connectivity index (χ3v) is 4.14. The topological polar surface area (TPSA) is 51.8 Å². The Morgan fingerprint density at radius 3 is 2.94 bits per heavy atom. The number of nitrogens with zero attached hydrogens (tertiary/aromatic N) is 2. The number of hydrogen-bond acceptors (Lipinski definition) is 3. The molecule has 88 valence electrons. The Morgan fingerprint density at radius 1 is 1.18 bits per heavy atom. The van der Waals surface area contributed by atoms with Crippen molar-refractivity contribution in [3.8, 4) is 11.8 Å². The highest BCUT2D eigenvalue weighted by molar-refractivity contribution is 5.30. The molecular weight excluding hydrogens is 210 g/mol. The second-order valence-electron chi connectivity index (χ2n) is 5.51. The van der Waals surface area contributed by atoms with Gasteiger partial charge in [0.15, 0.2) is 0 Å². The minimum Gasteiger partial charge on any atom is -0.325 e. The fourth-order valence-electron chi connectivity index (χ4n) is 3.27. The average Bonchev–Trinajstić information content (AvgIpc) is 2.59. The van der Waals surface area contributed by atoms with E-state index in [1.54, 1.807) is 18.6 Å².